The first-order chi connectivity index (χ1) is 25.8. The largest absolute Gasteiger partial charge is 0.459 e. The second kappa shape index (κ2) is 11.4. The van der Waals surface area contributed by atoms with Gasteiger partial charge in [-0.05, 0) is 88.1 Å². The van der Waals surface area contributed by atoms with E-state index in [9.17, 15) is 0 Å². The molecule has 1 atom stereocenters. The van der Waals surface area contributed by atoms with Crippen molar-refractivity contribution in [2.75, 3.05) is 0 Å². The number of fused-ring (bicyclic) bond motifs is 9. The van der Waals surface area contributed by atoms with Crippen molar-refractivity contribution in [2.24, 2.45) is 0 Å². The molecule has 2 bridgehead atoms. The Morgan fingerprint density at radius 2 is 0.962 bits per heavy atom. The van der Waals surface area contributed by atoms with Crippen LogP contribution < -0.4 is 0 Å². The topological polar surface area (TPSA) is 13.1 Å². The molecule has 0 N–H and O–H groups in total. The summed E-state index contributed by atoms with van der Waals surface area (Å²) in [6.07, 6.45) is 15.4. The zero-order valence-electron chi connectivity index (χ0n) is 28.4. The molecule has 0 saturated carbocycles. The summed E-state index contributed by atoms with van der Waals surface area (Å²) >= 11 is 0. The molecule has 0 amide bonds. The molecule has 11 rings (SSSR count). The monoisotopic (exact) mass is 660 g/mol. The second-order valence-electron chi connectivity index (χ2n) is 13.9. The number of rotatable bonds is 3. The molecule has 52 heavy (non-hydrogen) atoms. The standard InChI is InChI=1S/C51H32O/c1-2-15-34-31-32(13-1)27-28-46-50-45(25-12-26-47(50)52-51(34)46)49-42-22-9-7-20-40(42)48(41-21-8-10-23-43(41)49)44-30-29-39(37-18-5-6-19-38(37)44)36-24-11-16-33-14-3-4-17-35(33)36/h1-31,34H. The molecule has 0 aliphatic heterocycles. The Kier molecular flexibility index (Phi) is 6.38. The summed E-state index contributed by atoms with van der Waals surface area (Å²) in [4.78, 5) is 0. The minimum atomic E-state index is 0.0799. The number of hydrogen-bond acceptors (Lipinski definition) is 1. The molecule has 0 saturated heterocycles. The van der Waals surface area contributed by atoms with Gasteiger partial charge < -0.3 is 4.42 Å². The lowest BCUT2D eigenvalue weighted by Gasteiger charge is -2.20. The van der Waals surface area contributed by atoms with Crippen LogP contribution in [0.4, 0.5) is 0 Å². The highest BCUT2D eigenvalue weighted by atomic mass is 16.3. The van der Waals surface area contributed by atoms with Crippen LogP contribution in [0.15, 0.2) is 192 Å². The molecular weight excluding hydrogens is 629 g/mol. The highest BCUT2D eigenvalue weighted by molar-refractivity contribution is 6.26. The Hall–Kier alpha value is -6.70. The number of allylic oxidation sites excluding steroid dienone is 7. The van der Waals surface area contributed by atoms with E-state index in [1.54, 1.807) is 0 Å². The molecule has 0 fully saturated rings. The van der Waals surface area contributed by atoms with Gasteiger partial charge in [-0.15, -0.1) is 0 Å². The van der Waals surface area contributed by atoms with E-state index in [2.05, 4.69) is 188 Å². The van der Waals surface area contributed by atoms with Gasteiger partial charge in [0.2, 0.25) is 0 Å². The molecule has 1 unspecified atom stereocenters. The Morgan fingerprint density at radius 1 is 0.404 bits per heavy atom. The molecule has 9 aromatic rings. The molecule has 8 aromatic carbocycles. The van der Waals surface area contributed by atoms with Crippen LogP contribution >= 0.6 is 0 Å². The molecule has 0 spiro atoms. The van der Waals surface area contributed by atoms with E-state index in [0.717, 1.165) is 16.9 Å². The summed E-state index contributed by atoms with van der Waals surface area (Å²) < 4.78 is 6.74. The van der Waals surface area contributed by atoms with Crippen molar-refractivity contribution in [3.63, 3.8) is 0 Å². The van der Waals surface area contributed by atoms with Gasteiger partial charge in [0.05, 0.1) is 5.92 Å². The zero-order chi connectivity index (χ0) is 34.2. The molecule has 242 valence electrons. The molecular formula is C51H32O. The van der Waals surface area contributed by atoms with E-state index in [1.807, 2.05) is 0 Å². The first-order valence-electron chi connectivity index (χ1n) is 18.1. The van der Waals surface area contributed by atoms with Crippen molar-refractivity contribution in [3.05, 3.63) is 199 Å². The second-order valence-corrected chi connectivity index (χ2v) is 13.9. The van der Waals surface area contributed by atoms with Gasteiger partial charge in [-0.1, -0.05) is 182 Å². The van der Waals surface area contributed by atoms with Gasteiger partial charge in [-0.25, -0.2) is 0 Å². The van der Waals surface area contributed by atoms with Crippen LogP contribution in [0.3, 0.4) is 0 Å². The predicted molar refractivity (Wildman–Crippen MR) is 221 cm³/mol. The van der Waals surface area contributed by atoms with Crippen LogP contribution in [0.5, 0.6) is 0 Å². The fraction of sp³-hybridized carbons (Fsp3) is 0.0196. The number of furan rings is 1. The lowest BCUT2D eigenvalue weighted by molar-refractivity contribution is 0.548. The summed E-state index contributed by atoms with van der Waals surface area (Å²) in [6.45, 7) is 0. The Labute approximate surface area is 301 Å². The highest BCUT2D eigenvalue weighted by Gasteiger charge is 2.26. The summed E-state index contributed by atoms with van der Waals surface area (Å²) in [5, 5.41) is 11.1. The lowest BCUT2D eigenvalue weighted by atomic mass is 9.82. The maximum Gasteiger partial charge on any atom is 0.135 e. The van der Waals surface area contributed by atoms with E-state index in [0.29, 0.717) is 0 Å². The number of hydrogen-bond donors (Lipinski definition) is 0. The average Bonchev–Trinajstić information content (AvgIpc) is 3.30. The normalized spacial score (nSPS) is 15.0. The van der Waals surface area contributed by atoms with Gasteiger partial charge >= 0.3 is 0 Å². The Morgan fingerprint density at radius 3 is 1.71 bits per heavy atom. The molecule has 1 nitrogen and oxygen atoms in total. The van der Waals surface area contributed by atoms with E-state index < -0.39 is 0 Å². The van der Waals surface area contributed by atoms with E-state index in [-0.39, 0.29) is 5.92 Å². The van der Waals surface area contributed by atoms with Gasteiger partial charge in [0, 0.05) is 10.9 Å². The Bertz CT molecular complexity index is 3010. The summed E-state index contributed by atoms with van der Waals surface area (Å²) in [7, 11) is 0. The fourth-order valence-electron chi connectivity index (χ4n) is 8.86. The number of benzene rings is 8. The summed E-state index contributed by atoms with van der Waals surface area (Å²) in [6, 6.07) is 53.4. The summed E-state index contributed by atoms with van der Waals surface area (Å²) in [5.74, 6) is 1.08. The fourth-order valence-corrected chi connectivity index (χ4v) is 8.86. The van der Waals surface area contributed by atoms with E-state index in [1.165, 1.54) is 87.4 Å². The first kappa shape index (κ1) is 29.1. The Balaban J connectivity index is 1.20. The molecule has 2 aliphatic rings. The van der Waals surface area contributed by atoms with Gasteiger partial charge in [-0.3, -0.25) is 0 Å². The third kappa shape index (κ3) is 4.30. The molecule has 1 heterocycles. The van der Waals surface area contributed by atoms with Gasteiger partial charge in [0.1, 0.15) is 11.3 Å². The van der Waals surface area contributed by atoms with Crippen molar-refractivity contribution in [1.29, 1.82) is 0 Å². The van der Waals surface area contributed by atoms with Crippen molar-refractivity contribution in [2.45, 2.75) is 5.92 Å². The third-order valence-corrected chi connectivity index (χ3v) is 11.1. The maximum absolute atomic E-state index is 6.74. The molecule has 2 aliphatic carbocycles. The van der Waals surface area contributed by atoms with Gasteiger partial charge in [-0.2, -0.15) is 0 Å². The average molecular weight is 661 g/mol. The van der Waals surface area contributed by atoms with Crippen LogP contribution in [0.2, 0.25) is 0 Å². The predicted octanol–water partition coefficient (Wildman–Crippen LogP) is 14.2. The van der Waals surface area contributed by atoms with E-state index >= 15 is 0 Å². The minimum Gasteiger partial charge on any atom is -0.459 e. The van der Waals surface area contributed by atoms with Crippen LogP contribution in [0.1, 0.15) is 17.2 Å². The van der Waals surface area contributed by atoms with Crippen LogP contribution in [-0.2, 0) is 0 Å². The quantitative estimate of drug-likeness (QED) is 0.172. The minimum absolute atomic E-state index is 0.0799. The SMILES string of the molecule is C1=CC2=CC(C=C1)c1oc3cccc(-c4c5ccccc5c(-c5ccc(-c6cccc7ccccc67)c6ccccc56)c5ccccc45)c3c1C=C2. The lowest BCUT2D eigenvalue weighted by Crippen LogP contribution is -1.93. The van der Waals surface area contributed by atoms with Crippen molar-refractivity contribution < 1.29 is 4.42 Å². The van der Waals surface area contributed by atoms with Gasteiger partial charge in [0.25, 0.3) is 0 Å². The van der Waals surface area contributed by atoms with Crippen molar-refractivity contribution in [3.8, 4) is 33.4 Å². The summed E-state index contributed by atoms with van der Waals surface area (Å²) in [5.41, 5.74) is 10.7. The van der Waals surface area contributed by atoms with Crippen LogP contribution in [-0.4, -0.2) is 0 Å². The third-order valence-electron chi connectivity index (χ3n) is 11.1. The van der Waals surface area contributed by atoms with Gasteiger partial charge in [0.15, 0.2) is 0 Å². The van der Waals surface area contributed by atoms with E-state index in [4.69, 9.17) is 4.42 Å². The molecule has 1 heteroatoms. The van der Waals surface area contributed by atoms with Crippen LogP contribution in [0, 0.1) is 0 Å². The van der Waals surface area contributed by atoms with Crippen molar-refractivity contribution >= 4 is 60.1 Å². The maximum atomic E-state index is 6.74. The molecule has 0 radical (unpaired) electrons. The van der Waals surface area contributed by atoms with Crippen LogP contribution in [0.25, 0.3) is 93.5 Å². The van der Waals surface area contributed by atoms with Crippen molar-refractivity contribution in [1.82, 2.24) is 0 Å². The smallest absolute Gasteiger partial charge is 0.135 e. The zero-order valence-corrected chi connectivity index (χ0v) is 28.4. The first-order valence-corrected chi connectivity index (χ1v) is 18.1. The highest BCUT2D eigenvalue weighted by Crippen LogP contribution is 2.49. The molecule has 1 aromatic heterocycles.